The zero-order valence-electron chi connectivity index (χ0n) is 22.3. The Morgan fingerprint density at radius 1 is 1.05 bits per heavy atom. The van der Waals surface area contributed by atoms with Crippen molar-refractivity contribution in [3.8, 4) is 28.5 Å². The second-order valence-corrected chi connectivity index (χ2v) is 10.2. The molecule has 39 heavy (non-hydrogen) atoms. The number of methoxy groups -OCH3 is 1. The summed E-state index contributed by atoms with van der Waals surface area (Å²) in [5.74, 6) is 1.11. The maximum Gasteiger partial charge on any atom is 0.273 e. The lowest BCUT2D eigenvalue weighted by atomic mass is 9.95. The number of aromatic nitrogens is 2. The Kier molecular flexibility index (Phi) is 7.79. The standard InChI is InChI=1S/C31H32ClN3O4/c1-4-5-6-15-39-25-14-11-21(16-26(25)38-3)30-27-28(23-17-22(32)12-13-24(23)36)33-34-29(27)31(37)35(30)18-20-9-7-19(2)8-10-20/h7-14,16-17,30,36H,4-6,15,18H2,1-3H3,(H,33,34). The number of benzene rings is 3. The van der Waals surface area contributed by atoms with Gasteiger partial charge < -0.3 is 19.5 Å². The number of phenolic OH excluding ortho intramolecular Hbond substituents is 1. The quantitative estimate of drug-likeness (QED) is 0.208. The predicted molar refractivity (Wildman–Crippen MR) is 152 cm³/mol. The van der Waals surface area contributed by atoms with Gasteiger partial charge in [-0.25, -0.2) is 0 Å². The van der Waals surface area contributed by atoms with Gasteiger partial charge in [-0.05, 0) is 54.8 Å². The molecule has 2 N–H and O–H groups in total. The van der Waals surface area contributed by atoms with Crippen molar-refractivity contribution in [2.75, 3.05) is 13.7 Å². The third-order valence-corrected chi connectivity index (χ3v) is 7.30. The molecule has 0 saturated carbocycles. The first-order valence-electron chi connectivity index (χ1n) is 13.2. The summed E-state index contributed by atoms with van der Waals surface area (Å²) in [6.07, 6.45) is 3.18. The third kappa shape index (κ3) is 5.32. The smallest absolute Gasteiger partial charge is 0.273 e. The molecular formula is C31H32ClN3O4. The summed E-state index contributed by atoms with van der Waals surface area (Å²) in [5.41, 5.74) is 5.01. The first kappa shape index (κ1) is 26.6. The average Bonchev–Trinajstić information content (AvgIpc) is 3.48. The van der Waals surface area contributed by atoms with Crippen molar-refractivity contribution in [1.82, 2.24) is 15.1 Å². The fourth-order valence-electron chi connectivity index (χ4n) is 5.01. The average molecular weight is 546 g/mol. The van der Waals surface area contributed by atoms with E-state index in [1.165, 1.54) is 6.07 Å². The van der Waals surface area contributed by atoms with Crippen LogP contribution in [0.3, 0.4) is 0 Å². The summed E-state index contributed by atoms with van der Waals surface area (Å²) in [4.78, 5) is 15.6. The molecule has 0 radical (unpaired) electrons. The number of rotatable bonds is 10. The minimum atomic E-state index is -0.482. The normalized spacial score (nSPS) is 14.5. The van der Waals surface area contributed by atoms with Crippen LogP contribution in [0.15, 0.2) is 60.7 Å². The lowest BCUT2D eigenvalue weighted by Crippen LogP contribution is -2.29. The molecule has 8 heteroatoms. The predicted octanol–water partition coefficient (Wildman–Crippen LogP) is 7.07. The lowest BCUT2D eigenvalue weighted by molar-refractivity contribution is 0.0730. The number of aryl methyl sites for hydroxylation is 1. The van der Waals surface area contributed by atoms with Crippen LogP contribution in [-0.2, 0) is 6.54 Å². The van der Waals surface area contributed by atoms with E-state index in [2.05, 4.69) is 17.1 Å². The minimum Gasteiger partial charge on any atom is -0.507 e. The van der Waals surface area contributed by atoms with Gasteiger partial charge in [0.15, 0.2) is 11.5 Å². The van der Waals surface area contributed by atoms with Gasteiger partial charge in [-0.1, -0.05) is 67.3 Å². The second-order valence-electron chi connectivity index (χ2n) is 9.81. The number of carbonyl (C=O) groups excluding carboxylic acids is 1. The van der Waals surface area contributed by atoms with E-state index in [-0.39, 0.29) is 11.7 Å². The van der Waals surface area contributed by atoms with Crippen molar-refractivity contribution in [3.05, 3.63) is 93.6 Å². The summed E-state index contributed by atoms with van der Waals surface area (Å²) < 4.78 is 11.7. The molecule has 202 valence electrons. The van der Waals surface area contributed by atoms with Crippen molar-refractivity contribution in [3.63, 3.8) is 0 Å². The maximum absolute atomic E-state index is 13.8. The van der Waals surface area contributed by atoms with Gasteiger partial charge in [0, 0.05) is 22.7 Å². The molecule has 0 aliphatic carbocycles. The van der Waals surface area contributed by atoms with Gasteiger partial charge in [0.25, 0.3) is 5.91 Å². The zero-order valence-corrected chi connectivity index (χ0v) is 23.1. The van der Waals surface area contributed by atoms with E-state index in [1.807, 2.05) is 54.3 Å². The second kappa shape index (κ2) is 11.4. The summed E-state index contributed by atoms with van der Waals surface area (Å²) in [6.45, 7) is 5.19. The van der Waals surface area contributed by atoms with E-state index in [1.54, 1.807) is 19.2 Å². The number of fused-ring (bicyclic) bond motifs is 1. The molecule has 1 unspecified atom stereocenters. The number of aromatic hydroxyl groups is 1. The van der Waals surface area contributed by atoms with Gasteiger partial charge in [0.2, 0.25) is 0 Å². The van der Waals surface area contributed by atoms with Crippen molar-refractivity contribution in [2.45, 2.75) is 45.7 Å². The van der Waals surface area contributed by atoms with Crippen LogP contribution < -0.4 is 9.47 Å². The van der Waals surface area contributed by atoms with Crippen LogP contribution in [0.5, 0.6) is 17.2 Å². The summed E-state index contributed by atoms with van der Waals surface area (Å²) in [5, 5.41) is 18.5. The Hall–Kier alpha value is -3.97. The zero-order chi connectivity index (χ0) is 27.5. The first-order chi connectivity index (χ1) is 18.9. The van der Waals surface area contributed by atoms with E-state index in [0.717, 1.165) is 36.0 Å². The van der Waals surface area contributed by atoms with Crippen LogP contribution >= 0.6 is 11.6 Å². The summed E-state index contributed by atoms with van der Waals surface area (Å²) in [6, 6.07) is 18.2. The van der Waals surface area contributed by atoms with Crippen molar-refractivity contribution < 1.29 is 19.4 Å². The molecule has 0 spiro atoms. The monoisotopic (exact) mass is 545 g/mol. The van der Waals surface area contributed by atoms with Crippen molar-refractivity contribution >= 4 is 17.5 Å². The highest BCUT2D eigenvalue weighted by Gasteiger charge is 2.42. The Morgan fingerprint density at radius 3 is 2.59 bits per heavy atom. The van der Waals surface area contributed by atoms with Crippen LogP contribution in [0.25, 0.3) is 11.3 Å². The Morgan fingerprint density at radius 2 is 1.85 bits per heavy atom. The van der Waals surface area contributed by atoms with E-state index >= 15 is 0 Å². The van der Waals surface area contributed by atoms with E-state index in [0.29, 0.717) is 52.2 Å². The van der Waals surface area contributed by atoms with Crippen LogP contribution in [0.4, 0.5) is 0 Å². The van der Waals surface area contributed by atoms with Gasteiger partial charge in [-0.3, -0.25) is 9.89 Å². The van der Waals surface area contributed by atoms with E-state index in [9.17, 15) is 9.90 Å². The van der Waals surface area contributed by atoms with Gasteiger partial charge >= 0.3 is 0 Å². The van der Waals surface area contributed by atoms with Gasteiger partial charge in [0.05, 0.1) is 19.8 Å². The lowest BCUT2D eigenvalue weighted by Gasteiger charge is -2.27. The molecule has 2 heterocycles. The maximum atomic E-state index is 13.8. The number of hydrogen-bond acceptors (Lipinski definition) is 5. The molecule has 1 aliphatic rings. The number of amides is 1. The van der Waals surface area contributed by atoms with Gasteiger partial charge in [-0.2, -0.15) is 5.10 Å². The molecule has 1 aliphatic heterocycles. The van der Waals surface area contributed by atoms with E-state index < -0.39 is 6.04 Å². The van der Waals surface area contributed by atoms with Crippen LogP contribution in [0, 0.1) is 6.92 Å². The molecule has 7 nitrogen and oxygen atoms in total. The van der Waals surface area contributed by atoms with E-state index in [4.69, 9.17) is 21.1 Å². The number of H-pyrrole nitrogens is 1. The Labute approximate surface area is 233 Å². The molecule has 0 fully saturated rings. The largest absolute Gasteiger partial charge is 0.507 e. The minimum absolute atomic E-state index is 0.0327. The molecule has 1 aromatic heterocycles. The highest BCUT2D eigenvalue weighted by Crippen LogP contribution is 2.46. The molecule has 1 atom stereocenters. The highest BCUT2D eigenvalue weighted by atomic mass is 35.5. The third-order valence-electron chi connectivity index (χ3n) is 7.06. The van der Waals surface area contributed by atoms with Crippen molar-refractivity contribution in [2.24, 2.45) is 0 Å². The number of hydrogen-bond donors (Lipinski definition) is 2. The number of halogens is 1. The number of unbranched alkanes of at least 4 members (excludes halogenated alkanes) is 2. The SMILES string of the molecule is CCCCCOc1ccc(C2c3c(-c4cc(Cl)ccc4O)n[nH]c3C(=O)N2Cc2ccc(C)cc2)cc1OC. The molecule has 0 bridgehead atoms. The number of nitrogens with zero attached hydrogens (tertiary/aromatic N) is 2. The highest BCUT2D eigenvalue weighted by molar-refractivity contribution is 6.31. The molecule has 5 rings (SSSR count). The van der Waals surface area contributed by atoms with Gasteiger partial charge in [-0.15, -0.1) is 0 Å². The molecule has 4 aromatic rings. The molecule has 1 amide bonds. The number of carbonyl (C=O) groups is 1. The fraction of sp³-hybridized carbons (Fsp3) is 0.290. The number of nitrogens with one attached hydrogen (secondary N) is 1. The fourth-order valence-corrected chi connectivity index (χ4v) is 5.18. The van der Waals surface area contributed by atoms with Crippen LogP contribution in [0.2, 0.25) is 5.02 Å². The summed E-state index contributed by atoms with van der Waals surface area (Å²) >= 11 is 6.28. The number of ether oxygens (including phenoxy) is 2. The Bertz CT molecular complexity index is 1480. The molecule has 0 saturated heterocycles. The van der Waals surface area contributed by atoms with Gasteiger partial charge in [0.1, 0.15) is 17.1 Å². The number of phenols is 1. The van der Waals surface area contributed by atoms with Crippen LogP contribution in [0.1, 0.15) is 65.0 Å². The Balaban J connectivity index is 1.60. The summed E-state index contributed by atoms with van der Waals surface area (Å²) in [7, 11) is 1.61. The van der Waals surface area contributed by atoms with Crippen LogP contribution in [-0.4, -0.2) is 39.8 Å². The first-order valence-corrected chi connectivity index (χ1v) is 13.5. The molecule has 3 aromatic carbocycles. The molecular weight excluding hydrogens is 514 g/mol. The topological polar surface area (TPSA) is 87.7 Å². The number of aromatic amines is 1. The van der Waals surface area contributed by atoms with Crippen molar-refractivity contribution in [1.29, 1.82) is 0 Å².